The van der Waals surface area contributed by atoms with Gasteiger partial charge in [0.1, 0.15) is 5.82 Å². The van der Waals surface area contributed by atoms with Gasteiger partial charge in [-0.15, -0.1) is 0 Å². The van der Waals surface area contributed by atoms with Gasteiger partial charge in [0.15, 0.2) is 5.82 Å². The number of nitrogen functional groups attached to an aromatic ring is 1. The smallest absolute Gasteiger partial charge is 0.224 e. The fourth-order valence-electron chi connectivity index (χ4n) is 1.35. The molecule has 0 saturated carbocycles. The van der Waals surface area contributed by atoms with Crippen molar-refractivity contribution in [3.05, 3.63) is 46.1 Å². The molecule has 1 aromatic heterocycles. The van der Waals surface area contributed by atoms with E-state index in [-0.39, 0.29) is 10.3 Å². The zero-order chi connectivity index (χ0) is 13.1. The minimum Gasteiger partial charge on any atom is -0.394 e. The highest BCUT2D eigenvalue weighted by molar-refractivity contribution is 6.30. The van der Waals surface area contributed by atoms with Gasteiger partial charge in [-0.3, -0.25) is 0 Å². The summed E-state index contributed by atoms with van der Waals surface area (Å²) in [5, 5.41) is 3.15. The second-order valence-electron chi connectivity index (χ2n) is 3.54. The molecule has 0 spiro atoms. The summed E-state index contributed by atoms with van der Waals surface area (Å²) in [5.41, 5.74) is 6.86. The molecule has 3 N–H and O–H groups in total. The van der Waals surface area contributed by atoms with E-state index in [9.17, 15) is 4.39 Å². The molecule has 0 amide bonds. The Bertz CT molecular complexity index is 577. The van der Waals surface area contributed by atoms with Crippen molar-refractivity contribution in [2.75, 3.05) is 11.1 Å². The molecule has 0 radical (unpaired) electrons. The number of rotatable bonds is 3. The van der Waals surface area contributed by atoms with E-state index in [4.69, 9.17) is 28.9 Å². The number of benzene rings is 1. The first kappa shape index (κ1) is 12.9. The lowest BCUT2D eigenvalue weighted by Gasteiger charge is -2.08. The summed E-state index contributed by atoms with van der Waals surface area (Å²) >= 11 is 11.3. The Morgan fingerprint density at radius 3 is 2.83 bits per heavy atom. The summed E-state index contributed by atoms with van der Waals surface area (Å²) in [4.78, 5) is 7.68. The molecule has 4 nitrogen and oxygen atoms in total. The van der Waals surface area contributed by atoms with Gasteiger partial charge in [0.25, 0.3) is 0 Å². The molecule has 7 heteroatoms. The first-order valence-electron chi connectivity index (χ1n) is 5.02. The predicted octanol–water partition coefficient (Wildman–Crippen LogP) is 3.12. The van der Waals surface area contributed by atoms with Crippen LogP contribution in [0.25, 0.3) is 0 Å². The van der Waals surface area contributed by atoms with E-state index in [1.807, 2.05) is 0 Å². The van der Waals surface area contributed by atoms with Gasteiger partial charge in [0.05, 0.1) is 16.9 Å². The SMILES string of the molecule is Nc1cnc(Cl)nc1NCc1ccc(F)c(Cl)c1. The standard InChI is InChI=1S/C11H9Cl2FN4/c12-7-3-6(1-2-8(7)14)4-16-10-9(15)5-17-11(13)18-10/h1-3,5H,4,15H2,(H,16,17,18). The summed E-state index contributed by atoms with van der Waals surface area (Å²) in [5.74, 6) is -0.0274. The molecule has 18 heavy (non-hydrogen) atoms. The third-order valence-electron chi connectivity index (χ3n) is 2.23. The first-order valence-corrected chi connectivity index (χ1v) is 5.77. The summed E-state index contributed by atoms with van der Waals surface area (Å²) in [7, 11) is 0. The Kier molecular flexibility index (Phi) is 3.84. The minimum atomic E-state index is -0.454. The molecule has 2 aromatic rings. The van der Waals surface area contributed by atoms with E-state index in [2.05, 4.69) is 15.3 Å². The lowest BCUT2D eigenvalue weighted by atomic mass is 10.2. The van der Waals surface area contributed by atoms with Crippen LogP contribution < -0.4 is 11.1 Å². The molecule has 0 unspecified atom stereocenters. The van der Waals surface area contributed by atoms with Crippen molar-refractivity contribution in [2.45, 2.75) is 6.54 Å². The number of aromatic nitrogens is 2. The summed E-state index contributed by atoms with van der Waals surface area (Å²) in [6, 6.07) is 4.45. The van der Waals surface area contributed by atoms with Crippen LogP contribution >= 0.6 is 23.2 Å². The van der Waals surface area contributed by atoms with E-state index >= 15 is 0 Å². The lowest BCUT2D eigenvalue weighted by Crippen LogP contribution is -2.05. The number of nitrogens with one attached hydrogen (secondary N) is 1. The Hall–Kier alpha value is -1.59. The van der Waals surface area contributed by atoms with E-state index in [0.717, 1.165) is 5.56 Å². The van der Waals surface area contributed by atoms with Crippen LogP contribution in [0.3, 0.4) is 0 Å². The van der Waals surface area contributed by atoms with Crippen LogP contribution in [0.5, 0.6) is 0 Å². The van der Waals surface area contributed by atoms with Crippen LogP contribution in [0, 0.1) is 5.82 Å². The van der Waals surface area contributed by atoms with E-state index in [1.165, 1.54) is 18.3 Å². The summed E-state index contributed by atoms with van der Waals surface area (Å²) in [6.07, 6.45) is 1.41. The summed E-state index contributed by atoms with van der Waals surface area (Å²) in [6.45, 7) is 0.400. The van der Waals surface area contributed by atoms with Crippen molar-refractivity contribution >= 4 is 34.7 Å². The Balaban J connectivity index is 2.11. The molecule has 0 aliphatic heterocycles. The number of nitrogens with two attached hydrogens (primary N) is 1. The maximum Gasteiger partial charge on any atom is 0.224 e. The highest BCUT2D eigenvalue weighted by Crippen LogP contribution is 2.19. The lowest BCUT2D eigenvalue weighted by molar-refractivity contribution is 0.627. The van der Waals surface area contributed by atoms with Crippen LogP contribution in [0.4, 0.5) is 15.9 Å². The second-order valence-corrected chi connectivity index (χ2v) is 4.29. The Morgan fingerprint density at radius 2 is 2.11 bits per heavy atom. The summed E-state index contributed by atoms with van der Waals surface area (Å²) < 4.78 is 13.0. The third-order valence-corrected chi connectivity index (χ3v) is 2.70. The van der Waals surface area contributed by atoms with Gasteiger partial charge in [0.2, 0.25) is 5.28 Å². The quantitative estimate of drug-likeness (QED) is 0.851. The largest absolute Gasteiger partial charge is 0.394 e. The predicted molar refractivity (Wildman–Crippen MR) is 70.2 cm³/mol. The van der Waals surface area contributed by atoms with Crippen molar-refractivity contribution in [1.29, 1.82) is 0 Å². The topological polar surface area (TPSA) is 63.8 Å². The van der Waals surface area contributed by atoms with Gasteiger partial charge < -0.3 is 11.1 Å². The molecule has 0 atom stereocenters. The molecule has 0 bridgehead atoms. The van der Waals surface area contributed by atoms with Crippen molar-refractivity contribution in [2.24, 2.45) is 0 Å². The van der Waals surface area contributed by atoms with Gasteiger partial charge in [0, 0.05) is 6.54 Å². The normalized spacial score (nSPS) is 10.4. The number of hydrogen-bond acceptors (Lipinski definition) is 4. The maximum atomic E-state index is 13.0. The average molecular weight is 287 g/mol. The van der Waals surface area contributed by atoms with Gasteiger partial charge in [-0.2, -0.15) is 4.98 Å². The van der Waals surface area contributed by atoms with Crippen LogP contribution in [0.1, 0.15) is 5.56 Å². The van der Waals surface area contributed by atoms with Crippen molar-refractivity contribution < 1.29 is 4.39 Å². The molecular weight excluding hydrogens is 278 g/mol. The molecule has 2 rings (SSSR count). The van der Waals surface area contributed by atoms with Crippen LogP contribution in [-0.2, 0) is 6.54 Å². The number of nitrogens with zero attached hydrogens (tertiary/aromatic N) is 2. The van der Waals surface area contributed by atoms with Gasteiger partial charge >= 0.3 is 0 Å². The third kappa shape index (κ3) is 3.00. The van der Waals surface area contributed by atoms with E-state index in [1.54, 1.807) is 6.07 Å². The minimum absolute atomic E-state index is 0.0722. The van der Waals surface area contributed by atoms with Crippen LogP contribution in [0.2, 0.25) is 10.3 Å². The van der Waals surface area contributed by atoms with E-state index in [0.29, 0.717) is 18.1 Å². The number of hydrogen-bond donors (Lipinski definition) is 2. The number of halogens is 3. The Morgan fingerprint density at radius 1 is 1.33 bits per heavy atom. The van der Waals surface area contributed by atoms with E-state index < -0.39 is 5.82 Å². The molecule has 1 heterocycles. The molecule has 0 aliphatic carbocycles. The van der Waals surface area contributed by atoms with Gasteiger partial charge in [-0.25, -0.2) is 9.37 Å². The fourth-order valence-corrected chi connectivity index (χ4v) is 1.68. The highest BCUT2D eigenvalue weighted by Gasteiger charge is 2.04. The average Bonchev–Trinajstić information content (AvgIpc) is 2.34. The van der Waals surface area contributed by atoms with Crippen LogP contribution in [-0.4, -0.2) is 9.97 Å². The maximum absolute atomic E-state index is 13.0. The molecular formula is C11H9Cl2FN4. The van der Waals surface area contributed by atoms with Crippen molar-refractivity contribution in [3.63, 3.8) is 0 Å². The van der Waals surface area contributed by atoms with Crippen molar-refractivity contribution in [1.82, 2.24) is 9.97 Å². The van der Waals surface area contributed by atoms with Crippen molar-refractivity contribution in [3.8, 4) is 0 Å². The number of anilines is 2. The monoisotopic (exact) mass is 286 g/mol. The zero-order valence-corrected chi connectivity index (χ0v) is 10.6. The van der Waals surface area contributed by atoms with Gasteiger partial charge in [-0.05, 0) is 29.3 Å². The molecule has 0 fully saturated rings. The second kappa shape index (κ2) is 5.37. The van der Waals surface area contributed by atoms with Crippen LogP contribution in [0.15, 0.2) is 24.4 Å². The van der Waals surface area contributed by atoms with Gasteiger partial charge in [-0.1, -0.05) is 17.7 Å². The molecule has 1 aromatic carbocycles. The fraction of sp³-hybridized carbons (Fsp3) is 0.0909. The first-order chi connectivity index (χ1) is 8.56. The Labute approximate surface area is 113 Å². The zero-order valence-electron chi connectivity index (χ0n) is 9.12. The molecule has 94 valence electrons. The molecule has 0 saturated heterocycles. The molecule has 0 aliphatic rings. The highest BCUT2D eigenvalue weighted by atomic mass is 35.5.